The first-order valence-electron chi connectivity index (χ1n) is 7.12. The summed E-state index contributed by atoms with van der Waals surface area (Å²) in [6.45, 7) is 4.98. The highest BCUT2D eigenvalue weighted by molar-refractivity contribution is 5.75. The van der Waals surface area contributed by atoms with E-state index in [1.54, 1.807) is 0 Å². The first-order chi connectivity index (χ1) is 8.34. The van der Waals surface area contributed by atoms with Crippen molar-refractivity contribution in [3.05, 3.63) is 0 Å². The van der Waals surface area contributed by atoms with Gasteiger partial charge in [-0.1, -0.05) is 0 Å². The molecule has 17 heavy (non-hydrogen) atoms. The van der Waals surface area contributed by atoms with Gasteiger partial charge in [0.15, 0.2) is 0 Å². The zero-order valence-corrected chi connectivity index (χ0v) is 10.5. The van der Waals surface area contributed by atoms with Gasteiger partial charge in [0.1, 0.15) is 0 Å². The Hall–Kier alpha value is -0.770. The lowest BCUT2D eigenvalue weighted by molar-refractivity contribution is 0.151. The molecule has 3 aliphatic rings. The number of piperidine rings is 2. The largest absolute Gasteiger partial charge is 0.325 e. The first kappa shape index (κ1) is 11.3. The molecule has 2 atom stereocenters. The van der Waals surface area contributed by atoms with Gasteiger partial charge in [-0.15, -0.1) is 0 Å². The number of likely N-dealkylation sites (tertiary alicyclic amines) is 2. The zero-order valence-electron chi connectivity index (χ0n) is 10.5. The lowest BCUT2D eigenvalue weighted by atomic mass is 9.94. The fourth-order valence-electron chi connectivity index (χ4n) is 3.49. The Morgan fingerprint density at radius 1 is 1.00 bits per heavy atom. The molecule has 2 unspecified atom stereocenters. The highest BCUT2D eigenvalue weighted by Gasteiger charge is 2.37. The minimum Gasteiger partial charge on any atom is -0.325 e. The van der Waals surface area contributed by atoms with Crippen molar-refractivity contribution < 1.29 is 4.79 Å². The van der Waals surface area contributed by atoms with Crippen molar-refractivity contribution in [1.82, 2.24) is 15.1 Å². The summed E-state index contributed by atoms with van der Waals surface area (Å²) in [5.41, 5.74) is 0. The third-order valence-corrected chi connectivity index (χ3v) is 4.50. The van der Waals surface area contributed by atoms with Gasteiger partial charge in [-0.2, -0.15) is 0 Å². The third-order valence-electron chi connectivity index (χ3n) is 4.50. The van der Waals surface area contributed by atoms with Gasteiger partial charge < -0.3 is 15.1 Å². The number of nitrogens with zero attached hydrogens (tertiary/aromatic N) is 2. The maximum Gasteiger partial charge on any atom is 0.320 e. The van der Waals surface area contributed by atoms with Crippen LogP contribution < -0.4 is 5.32 Å². The number of urea groups is 1. The van der Waals surface area contributed by atoms with Crippen molar-refractivity contribution in [2.75, 3.05) is 32.7 Å². The van der Waals surface area contributed by atoms with Crippen LogP contribution in [0.4, 0.5) is 4.79 Å². The lowest BCUT2D eigenvalue weighted by Crippen LogP contribution is -2.45. The second kappa shape index (κ2) is 4.84. The van der Waals surface area contributed by atoms with E-state index in [2.05, 4.69) is 15.1 Å². The zero-order chi connectivity index (χ0) is 11.7. The van der Waals surface area contributed by atoms with Gasteiger partial charge in [0.2, 0.25) is 0 Å². The number of nitrogens with one attached hydrogen (secondary N) is 1. The number of amides is 2. The normalized spacial score (nSPS) is 33.6. The summed E-state index contributed by atoms with van der Waals surface area (Å²) in [5, 5.41) is 3.56. The summed E-state index contributed by atoms with van der Waals surface area (Å²) in [5.74, 6) is 0.706. The number of hydrogen-bond donors (Lipinski definition) is 1. The number of fused-ring (bicyclic) bond motifs is 1. The smallest absolute Gasteiger partial charge is 0.320 e. The number of hydrogen-bond acceptors (Lipinski definition) is 2. The SMILES string of the molecule is O=C(N1CCCCC1)N1CC2CCCNC2C1. The van der Waals surface area contributed by atoms with Crippen molar-refractivity contribution in [2.45, 2.75) is 38.1 Å². The predicted molar refractivity (Wildman–Crippen MR) is 66.9 cm³/mol. The van der Waals surface area contributed by atoms with Crippen molar-refractivity contribution in [1.29, 1.82) is 0 Å². The minimum atomic E-state index is 0.293. The molecule has 0 aromatic rings. The van der Waals surface area contributed by atoms with Gasteiger partial charge in [0, 0.05) is 32.2 Å². The van der Waals surface area contributed by atoms with E-state index in [1.165, 1.54) is 32.1 Å². The van der Waals surface area contributed by atoms with Crippen molar-refractivity contribution in [3.8, 4) is 0 Å². The Kier molecular flexibility index (Phi) is 3.23. The van der Waals surface area contributed by atoms with E-state index in [4.69, 9.17) is 0 Å². The molecule has 3 heterocycles. The molecule has 3 fully saturated rings. The molecular weight excluding hydrogens is 214 g/mol. The molecule has 4 heteroatoms. The Labute approximate surface area is 103 Å². The number of carbonyl (C=O) groups is 1. The van der Waals surface area contributed by atoms with E-state index in [-0.39, 0.29) is 0 Å². The molecule has 96 valence electrons. The Bertz CT molecular complexity index is 274. The summed E-state index contributed by atoms with van der Waals surface area (Å²) in [4.78, 5) is 16.5. The molecule has 0 spiro atoms. The maximum atomic E-state index is 12.4. The lowest BCUT2D eigenvalue weighted by Gasteiger charge is -2.31. The predicted octanol–water partition coefficient (Wildman–Crippen LogP) is 1.28. The van der Waals surface area contributed by atoms with E-state index in [9.17, 15) is 4.79 Å². The van der Waals surface area contributed by atoms with Crippen molar-refractivity contribution >= 4 is 6.03 Å². The molecule has 0 aromatic heterocycles. The summed E-state index contributed by atoms with van der Waals surface area (Å²) in [6, 6.07) is 0.860. The minimum absolute atomic E-state index is 0.293. The molecule has 2 amide bonds. The molecule has 0 radical (unpaired) electrons. The van der Waals surface area contributed by atoms with Crippen LogP contribution in [0.1, 0.15) is 32.1 Å². The van der Waals surface area contributed by atoms with Crippen LogP contribution in [-0.4, -0.2) is 54.6 Å². The molecule has 1 N–H and O–H groups in total. The standard InChI is InChI=1S/C13H23N3O/c17-13(15-7-2-1-3-8-15)16-9-11-5-4-6-14-12(11)10-16/h11-12,14H,1-10H2. The van der Waals surface area contributed by atoms with Crippen LogP contribution in [0.2, 0.25) is 0 Å². The number of rotatable bonds is 0. The van der Waals surface area contributed by atoms with E-state index in [1.807, 2.05) is 0 Å². The maximum absolute atomic E-state index is 12.4. The molecule has 4 nitrogen and oxygen atoms in total. The molecule has 0 bridgehead atoms. The van der Waals surface area contributed by atoms with Gasteiger partial charge in [0.05, 0.1) is 0 Å². The Morgan fingerprint density at radius 2 is 1.82 bits per heavy atom. The molecule has 0 saturated carbocycles. The van der Waals surface area contributed by atoms with E-state index < -0.39 is 0 Å². The van der Waals surface area contributed by atoms with Gasteiger partial charge in [-0.3, -0.25) is 0 Å². The van der Waals surface area contributed by atoms with E-state index in [0.29, 0.717) is 18.0 Å². The third kappa shape index (κ3) is 2.28. The molecule has 0 aliphatic carbocycles. The van der Waals surface area contributed by atoms with Crippen LogP contribution >= 0.6 is 0 Å². The summed E-state index contributed by atoms with van der Waals surface area (Å²) < 4.78 is 0. The molecule has 3 saturated heterocycles. The van der Waals surface area contributed by atoms with Crippen LogP contribution in [0.25, 0.3) is 0 Å². The average molecular weight is 237 g/mol. The van der Waals surface area contributed by atoms with Gasteiger partial charge in [0.25, 0.3) is 0 Å². The molecule has 3 aliphatic heterocycles. The van der Waals surface area contributed by atoms with Crippen LogP contribution in [0, 0.1) is 5.92 Å². The van der Waals surface area contributed by atoms with E-state index in [0.717, 1.165) is 32.7 Å². The highest BCUT2D eigenvalue weighted by atomic mass is 16.2. The first-order valence-corrected chi connectivity index (χ1v) is 7.12. The monoisotopic (exact) mass is 237 g/mol. The van der Waals surface area contributed by atoms with Crippen LogP contribution in [0.5, 0.6) is 0 Å². The Balaban J connectivity index is 1.59. The van der Waals surface area contributed by atoms with Crippen LogP contribution in [-0.2, 0) is 0 Å². The van der Waals surface area contributed by atoms with Crippen LogP contribution in [0.3, 0.4) is 0 Å². The Morgan fingerprint density at radius 3 is 2.59 bits per heavy atom. The van der Waals surface area contributed by atoms with Crippen molar-refractivity contribution in [3.63, 3.8) is 0 Å². The quantitative estimate of drug-likeness (QED) is 0.689. The summed E-state index contributed by atoms with van der Waals surface area (Å²) in [7, 11) is 0. The van der Waals surface area contributed by atoms with Crippen molar-refractivity contribution in [2.24, 2.45) is 5.92 Å². The van der Waals surface area contributed by atoms with Gasteiger partial charge in [-0.25, -0.2) is 4.79 Å². The fourth-order valence-corrected chi connectivity index (χ4v) is 3.49. The van der Waals surface area contributed by atoms with Gasteiger partial charge >= 0.3 is 6.03 Å². The second-order valence-corrected chi connectivity index (χ2v) is 5.70. The fraction of sp³-hybridized carbons (Fsp3) is 0.923. The van der Waals surface area contributed by atoms with Gasteiger partial charge in [-0.05, 0) is 44.6 Å². The second-order valence-electron chi connectivity index (χ2n) is 5.70. The van der Waals surface area contributed by atoms with E-state index >= 15 is 0 Å². The molecular formula is C13H23N3O. The van der Waals surface area contributed by atoms with Crippen LogP contribution in [0.15, 0.2) is 0 Å². The number of carbonyl (C=O) groups excluding carboxylic acids is 1. The molecule has 3 rings (SSSR count). The highest BCUT2D eigenvalue weighted by Crippen LogP contribution is 2.26. The molecule has 0 aromatic carbocycles. The summed E-state index contributed by atoms with van der Waals surface area (Å²) in [6.07, 6.45) is 6.22. The summed E-state index contributed by atoms with van der Waals surface area (Å²) >= 11 is 0. The topological polar surface area (TPSA) is 35.6 Å². The average Bonchev–Trinajstić information content (AvgIpc) is 2.82.